The van der Waals surface area contributed by atoms with Gasteiger partial charge in [-0.15, -0.1) is 0 Å². The van der Waals surface area contributed by atoms with Crippen LogP contribution in [0.2, 0.25) is 0 Å². The Bertz CT molecular complexity index is 868. The Morgan fingerprint density at radius 2 is 1.73 bits per heavy atom. The van der Waals surface area contributed by atoms with Gasteiger partial charge in [0.25, 0.3) is 0 Å². The summed E-state index contributed by atoms with van der Waals surface area (Å²) in [5.74, 6) is 1.60. The van der Waals surface area contributed by atoms with Crippen LogP contribution in [0.1, 0.15) is 23.1 Å². The molecule has 0 spiro atoms. The molecule has 30 heavy (non-hydrogen) atoms. The first-order valence-electron chi connectivity index (χ1n) is 9.08. The smallest absolute Gasteiger partial charge is 0.222 e. The standard InChI is InChI=1S/C21H23Cl2NO6/c1-24(13-14-10-16(27-2)12-17(11-14)28-3)20(26)7-5-15-4-6-19(29-22)21(30-23)18(15)8-9-25/h4,6,9-12H,5,7-8,13H2,1-3H3. The lowest BCUT2D eigenvalue weighted by Gasteiger charge is -2.19. The quantitative estimate of drug-likeness (QED) is 0.474. The third-order valence-corrected chi connectivity index (χ3v) is 4.95. The molecule has 0 fully saturated rings. The Hall–Kier alpha value is -2.64. The summed E-state index contributed by atoms with van der Waals surface area (Å²) in [6.45, 7) is 0.392. The molecule has 0 aliphatic carbocycles. The molecular weight excluding hydrogens is 433 g/mol. The van der Waals surface area contributed by atoms with E-state index in [0.717, 1.165) is 17.4 Å². The van der Waals surface area contributed by atoms with Crippen molar-refractivity contribution in [3.63, 3.8) is 0 Å². The van der Waals surface area contributed by atoms with E-state index in [-0.39, 0.29) is 30.2 Å². The Morgan fingerprint density at radius 1 is 1.07 bits per heavy atom. The van der Waals surface area contributed by atoms with Crippen LogP contribution < -0.4 is 18.1 Å². The molecule has 0 aliphatic heterocycles. The molecule has 0 aliphatic rings. The van der Waals surface area contributed by atoms with E-state index in [0.29, 0.717) is 30.0 Å². The number of halogens is 2. The zero-order chi connectivity index (χ0) is 22.1. The highest BCUT2D eigenvalue weighted by Crippen LogP contribution is 2.36. The lowest BCUT2D eigenvalue weighted by Crippen LogP contribution is -2.26. The van der Waals surface area contributed by atoms with Crippen molar-refractivity contribution < 1.29 is 27.6 Å². The van der Waals surface area contributed by atoms with Crippen LogP contribution in [0.25, 0.3) is 0 Å². The number of amides is 1. The Kier molecular flexibility index (Phi) is 9.08. The summed E-state index contributed by atoms with van der Waals surface area (Å²) in [5.41, 5.74) is 2.16. The molecule has 0 bridgehead atoms. The summed E-state index contributed by atoms with van der Waals surface area (Å²) >= 11 is 10.9. The molecule has 0 saturated carbocycles. The molecule has 1 amide bonds. The van der Waals surface area contributed by atoms with E-state index < -0.39 is 0 Å². The maximum absolute atomic E-state index is 12.7. The van der Waals surface area contributed by atoms with Crippen LogP contribution in [0.5, 0.6) is 23.0 Å². The molecule has 0 unspecified atom stereocenters. The number of ether oxygens (including phenoxy) is 2. The van der Waals surface area contributed by atoms with Gasteiger partial charge in [0.1, 0.15) is 41.5 Å². The number of nitrogens with zero attached hydrogens (tertiary/aromatic N) is 1. The predicted octanol–water partition coefficient (Wildman–Crippen LogP) is 4.10. The first-order chi connectivity index (χ1) is 14.5. The maximum Gasteiger partial charge on any atom is 0.222 e. The van der Waals surface area contributed by atoms with Crippen LogP contribution in [0.15, 0.2) is 30.3 Å². The van der Waals surface area contributed by atoms with Crippen molar-refractivity contribution in [1.29, 1.82) is 0 Å². The average molecular weight is 456 g/mol. The average Bonchev–Trinajstić information content (AvgIpc) is 2.77. The van der Waals surface area contributed by atoms with Crippen molar-refractivity contribution in [3.05, 3.63) is 47.0 Å². The normalized spacial score (nSPS) is 10.3. The molecular formula is C21H23Cl2NO6. The number of aldehydes is 1. The minimum Gasteiger partial charge on any atom is -0.497 e. The highest BCUT2D eigenvalue weighted by Gasteiger charge is 2.18. The summed E-state index contributed by atoms with van der Waals surface area (Å²) in [4.78, 5) is 25.4. The molecule has 162 valence electrons. The number of hydrogen-bond donors (Lipinski definition) is 0. The van der Waals surface area contributed by atoms with Gasteiger partial charge in [0.15, 0.2) is 11.5 Å². The Balaban J connectivity index is 2.11. The van der Waals surface area contributed by atoms with Crippen LogP contribution in [0.3, 0.4) is 0 Å². The van der Waals surface area contributed by atoms with Crippen molar-refractivity contribution in [2.45, 2.75) is 25.8 Å². The van der Waals surface area contributed by atoms with Crippen LogP contribution in [0, 0.1) is 0 Å². The van der Waals surface area contributed by atoms with Gasteiger partial charge < -0.3 is 27.7 Å². The zero-order valence-electron chi connectivity index (χ0n) is 16.9. The van der Waals surface area contributed by atoms with Crippen molar-refractivity contribution in [1.82, 2.24) is 4.90 Å². The third-order valence-electron chi connectivity index (χ3n) is 4.63. The van der Waals surface area contributed by atoms with E-state index in [4.69, 9.17) is 41.8 Å². The van der Waals surface area contributed by atoms with Crippen LogP contribution in [0.4, 0.5) is 0 Å². The van der Waals surface area contributed by atoms with E-state index in [2.05, 4.69) is 0 Å². The lowest BCUT2D eigenvalue weighted by atomic mass is 9.99. The minimum absolute atomic E-state index is 0.0547. The first kappa shape index (κ1) is 23.6. The molecule has 0 N–H and O–H groups in total. The number of benzene rings is 2. The Morgan fingerprint density at radius 3 is 2.27 bits per heavy atom. The number of carbonyl (C=O) groups is 2. The van der Waals surface area contributed by atoms with Crippen LogP contribution in [-0.2, 0) is 29.0 Å². The first-order valence-corrected chi connectivity index (χ1v) is 9.70. The summed E-state index contributed by atoms with van der Waals surface area (Å²) in [5, 5.41) is 0. The molecule has 9 heteroatoms. The molecule has 0 saturated heterocycles. The van der Waals surface area contributed by atoms with E-state index in [1.807, 2.05) is 12.1 Å². The van der Waals surface area contributed by atoms with E-state index in [1.165, 1.54) is 0 Å². The van der Waals surface area contributed by atoms with Gasteiger partial charge >= 0.3 is 0 Å². The minimum atomic E-state index is -0.0696. The summed E-state index contributed by atoms with van der Waals surface area (Å²) in [7, 11) is 4.87. The molecule has 0 radical (unpaired) electrons. The number of methoxy groups -OCH3 is 2. The second-order valence-electron chi connectivity index (χ2n) is 6.53. The van der Waals surface area contributed by atoms with Crippen molar-refractivity contribution in [2.24, 2.45) is 0 Å². The van der Waals surface area contributed by atoms with Crippen LogP contribution >= 0.6 is 23.7 Å². The largest absolute Gasteiger partial charge is 0.497 e. The van der Waals surface area contributed by atoms with Crippen molar-refractivity contribution >= 4 is 35.9 Å². The van der Waals surface area contributed by atoms with Crippen molar-refractivity contribution in [2.75, 3.05) is 21.3 Å². The highest BCUT2D eigenvalue weighted by molar-refractivity contribution is 6.11. The number of aryl methyl sites for hydroxylation is 1. The summed E-state index contributed by atoms with van der Waals surface area (Å²) < 4.78 is 20.1. The van der Waals surface area contributed by atoms with E-state index in [1.54, 1.807) is 44.4 Å². The van der Waals surface area contributed by atoms with Crippen molar-refractivity contribution in [3.8, 4) is 23.0 Å². The molecule has 2 aromatic carbocycles. The van der Waals surface area contributed by atoms with E-state index >= 15 is 0 Å². The SMILES string of the molecule is COc1cc(CN(C)C(=O)CCc2ccc(OCl)c(OCl)c2CC=O)cc(OC)c1. The van der Waals surface area contributed by atoms with Gasteiger partial charge in [0.05, 0.1) is 14.2 Å². The number of carbonyl (C=O) groups excluding carboxylic acids is 2. The van der Waals surface area contributed by atoms with Gasteiger partial charge in [0.2, 0.25) is 5.91 Å². The zero-order valence-corrected chi connectivity index (χ0v) is 18.5. The van der Waals surface area contributed by atoms with Gasteiger partial charge in [-0.1, -0.05) is 6.07 Å². The van der Waals surface area contributed by atoms with E-state index in [9.17, 15) is 9.59 Å². The van der Waals surface area contributed by atoms with Gasteiger partial charge in [-0.05, 0) is 35.7 Å². The molecule has 0 atom stereocenters. The van der Waals surface area contributed by atoms with Gasteiger partial charge in [-0.2, -0.15) is 0 Å². The number of rotatable bonds is 11. The second-order valence-corrected chi connectivity index (χ2v) is 6.83. The fourth-order valence-electron chi connectivity index (χ4n) is 3.09. The van der Waals surface area contributed by atoms with Gasteiger partial charge in [-0.25, -0.2) is 0 Å². The third kappa shape index (κ3) is 5.93. The van der Waals surface area contributed by atoms with Crippen LogP contribution in [-0.4, -0.2) is 38.4 Å². The predicted molar refractivity (Wildman–Crippen MR) is 114 cm³/mol. The maximum atomic E-state index is 12.7. The second kappa shape index (κ2) is 11.5. The van der Waals surface area contributed by atoms with Gasteiger partial charge in [-0.3, -0.25) is 4.79 Å². The fourth-order valence-corrected chi connectivity index (χ4v) is 3.38. The highest BCUT2D eigenvalue weighted by atomic mass is 35.5. The number of hydrogen-bond acceptors (Lipinski definition) is 6. The Labute approximate surface area is 185 Å². The summed E-state index contributed by atoms with van der Waals surface area (Å²) in [6.07, 6.45) is 1.40. The molecule has 0 heterocycles. The monoisotopic (exact) mass is 455 g/mol. The fraction of sp³-hybridized carbons (Fsp3) is 0.333. The topological polar surface area (TPSA) is 74.3 Å². The van der Waals surface area contributed by atoms with Gasteiger partial charge in [0, 0.05) is 38.1 Å². The molecule has 2 rings (SSSR count). The lowest BCUT2D eigenvalue weighted by molar-refractivity contribution is -0.130. The molecule has 7 nitrogen and oxygen atoms in total. The molecule has 2 aromatic rings. The molecule has 0 aromatic heterocycles. The summed E-state index contributed by atoms with van der Waals surface area (Å²) in [6, 6.07) is 8.78.